The minimum Gasteiger partial charge on any atom is -0.497 e. The van der Waals surface area contributed by atoms with Gasteiger partial charge in [-0.05, 0) is 54.8 Å². The molecule has 2 aromatic carbocycles. The van der Waals surface area contributed by atoms with E-state index in [-0.39, 0.29) is 11.9 Å². The molecule has 8 nitrogen and oxygen atoms in total. The lowest BCUT2D eigenvalue weighted by molar-refractivity contribution is 0.0930. The van der Waals surface area contributed by atoms with Crippen LogP contribution in [0.3, 0.4) is 0 Å². The fraction of sp³-hybridized carbons (Fsp3) is 0.333. The van der Waals surface area contributed by atoms with Crippen LogP contribution in [-0.4, -0.2) is 56.6 Å². The van der Waals surface area contributed by atoms with Crippen molar-refractivity contribution < 1.29 is 19.0 Å². The summed E-state index contributed by atoms with van der Waals surface area (Å²) >= 11 is 0. The quantitative estimate of drug-likeness (QED) is 0.589. The molecule has 0 bridgehead atoms. The molecule has 168 valence electrons. The third-order valence-electron chi connectivity index (χ3n) is 5.73. The van der Waals surface area contributed by atoms with Crippen LogP contribution in [0.1, 0.15) is 23.2 Å². The summed E-state index contributed by atoms with van der Waals surface area (Å²) in [6, 6.07) is 15.2. The van der Waals surface area contributed by atoms with E-state index in [0.717, 1.165) is 48.8 Å². The second-order valence-electron chi connectivity index (χ2n) is 7.70. The molecule has 32 heavy (non-hydrogen) atoms. The first-order valence-corrected chi connectivity index (χ1v) is 10.6. The first-order valence-electron chi connectivity index (χ1n) is 10.6. The lowest BCUT2D eigenvalue weighted by Crippen LogP contribution is -2.44. The van der Waals surface area contributed by atoms with Crippen molar-refractivity contribution in [2.24, 2.45) is 0 Å². The Hall–Kier alpha value is -3.68. The summed E-state index contributed by atoms with van der Waals surface area (Å²) in [6.45, 7) is 1.64. The van der Waals surface area contributed by atoms with Crippen molar-refractivity contribution in [1.82, 2.24) is 15.5 Å². The zero-order chi connectivity index (χ0) is 22.5. The summed E-state index contributed by atoms with van der Waals surface area (Å²) < 4.78 is 15.7. The maximum Gasteiger partial charge on any atom is 0.251 e. The van der Waals surface area contributed by atoms with Crippen molar-refractivity contribution in [2.45, 2.75) is 18.9 Å². The van der Waals surface area contributed by atoms with Gasteiger partial charge in [-0.25, -0.2) is 0 Å². The number of rotatable bonds is 7. The molecular weight excluding hydrogens is 408 g/mol. The van der Waals surface area contributed by atoms with Crippen LogP contribution >= 0.6 is 0 Å². The number of carbonyl (C=O) groups excluding carboxylic acids is 1. The van der Waals surface area contributed by atoms with Gasteiger partial charge in [-0.2, -0.15) is 5.10 Å². The maximum absolute atomic E-state index is 12.7. The molecule has 0 spiro atoms. The fourth-order valence-electron chi connectivity index (χ4n) is 3.85. The number of ether oxygens (including phenoxy) is 3. The normalized spacial score (nSPS) is 14.2. The number of hydrogen-bond acceptors (Lipinski definition) is 6. The van der Waals surface area contributed by atoms with Crippen molar-refractivity contribution in [3.8, 4) is 28.5 Å². The molecule has 3 aromatic rings. The maximum atomic E-state index is 12.7. The minimum atomic E-state index is -0.123. The third-order valence-corrected chi connectivity index (χ3v) is 5.73. The van der Waals surface area contributed by atoms with E-state index in [0.29, 0.717) is 17.1 Å². The topological polar surface area (TPSA) is 88.7 Å². The minimum absolute atomic E-state index is 0.107. The van der Waals surface area contributed by atoms with Crippen molar-refractivity contribution in [1.29, 1.82) is 0 Å². The number of H-pyrrole nitrogens is 1. The Morgan fingerprint density at radius 3 is 2.16 bits per heavy atom. The van der Waals surface area contributed by atoms with Crippen molar-refractivity contribution in [3.63, 3.8) is 0 Å². The van der Waals surface area contributed by atoms with Gasteiger partial charge in [0.15, 0.2) is 5.82 Å². The molecule has 1 aliphatic rings. The van der Waals surface area contributed by atoms with E-state index in [1.807, 2.05) is 24.3 Å². The van der Waals surface area contributed by atoms with E-state index in [1.165, 1.54) is 0 Å². The number of aromatic nitrogens is 2. The molecule has 1 saturated heterocycles. The highest BCUT2D eigenvalue weighted by atomic mass is 16.5. The summed E-state index contributed by atoms with van der Waals surface area (Å²) in [7, 11) is 4.80. The average Bonchev–Trinajstić information content (AvgIpc) is 3.34. The Morgan fingerprint density at radius 2 is 1.56 bits per heavy atom. The van der Waals surface area contributed by atoms with Crippen molar-refractivity contribution in [2.75, 3.05) is 39.3 Å². The van der Waals surface area contributed by atoms with Crippen LogP contribution < -0.4 is 24.4 Å². The molecule has 1 fully saturated rings. The zero-order valence-corrected chi connectivity index (χ0v) is 18.6. The number of piperidine rings is 1. The number of methoxy groups -OCH3 is 3. The van der Waals surface area contributed by atoms with Crippen LogP contribution in [0.5, 0.6) is 17.2 Å². The smallest absolute Gasteiger partial charge is 0.251 e. The molecule has 0 radical (unpaired) electrons. The van der Waals surface area contributed by atoms with Gasteiger partial charge in [-0.15, -0.1) is 0 Å². The molecule has 1 aromatic heterocycles. The Labute approximate surface area is 187 Å². The van der Waals surface area contributed by atoms with E-state index in [4.69, 9.17) is 14.2 Å². The monoisotopic (exact) mass is 436 g/mol. The summed E-state index contributed by atoms with van der Waals surface area (Å²) in [5.74, 6) is 2.80. The number of nitrogens with zero attached hydrogens (tertiary/aromatic N) is 2. The van der Waals surface area contributed by atoms with E-state index >= 15 is 0 Å². The summed E-state index contributed by atoms with van der Waals surface area (Å²) in [6.07, 6.45) is 1.69. The first-order chi connectivity index (χ1) is 15.6. The summed E-state index contributed by atoms with van der Waals surface area (Å²) in [4.78, 5) is 15.0. The highest BCUT2D eigenvalue weighted by molar-refractivity contribution is 5.95. The molecule has 0 saturated carbocycles. The predicted octanol–water partition coefficient (Wildman–Crippen LogP) is 3.50. The van der Waals surface area contributed by atoms with Gasteiger partial charge in [0.05, 0.1) is 27.0 Å². The first kappa shape index (κ1) is 21.5. The van der Waals surface area contributed by atoms with Crippen molar-refractivity contribution in [3.05, 3.63) is 54.1 Å². The Balaban J connectivity index is 1.34. The van der Waals surface area contributed by atoms with E-state index in [1.54, 1.807) is 39.5 Å². The van der Waals surface area contributed by atoms with E-state index in [9.17, 15) is 4.79 Å². The lowest BCUT2D eigenvalue weighted by Gasteiger charge is -2.32. The molecule has 1 amide bonds. The zero-order valence-electron chi connectivity index (χ0n) is 18.6. The van der Waals surface area contributed by atoms with Gasteiger partial charge < -0.3 is 24.4 Å². The number of nitrogens with one attached hydrogen (secondary N) is 2. The standard InChI is InChI=1S/C24H28N4O4/c1-30-19-6-4-16(5-7-19)22-15-23(27-26-22)28-10-8-18(9-11-28)25-24(29)17-12-20(31-2)14-21(13-17)32-3/h4-7,12-15,18H,8-11H2,1-3H3,(H,25,29)(H,26,27). The van der Waals surface area contributed by atoms with E-state index in [2.05, 4.69) is 26.5 Å². The van der Waals surface area contributed by atoms with Crippen LogP contribution in [0.25, 0.3) is 11.3 Å². The SMILES string of the molecule is COc1ccc(-c2cc(N3CCC(NC(=O)c4cc(OC)cc(OC)c4)CC3)n[nH]2)cc1. The van der Waals surface area contributed by atoms with Crippen LogP contribution in [0.2, 0.25) is 0 Å². The van der Waals surface area contributed by atoms with Gasteiger partial charge in [-0.1, -0.05) is 0 Å². The average molecular weight is 437 g/mol. The number of hydrogen-bond donors (Lipinski definition) is 2. The summed E-state index contributed by atoms with van der Waals surface area (Å²) in [5.41, 5.74) is 2.55. The second-order valence-corrected chi connectivity index (χ2v) is 7.70. The number of carbonyl (C=O) groups is 1. The number of amides is 1. The Morgan fingerprint density at radius 1 is 0.938 bits per heavy atom. The predicted molar refractivity (Wildman–Crippen MR) is 123 cm³/mol. The van der Waals surface area contributed by atoms with E-state index < -0.39 is 0 Å². The Kier molecular flexibility index (Phi) is 6.49. The summed E-state index contributed by atoms with van der Waals surface area (Å²) in [5, 5.41) is 10.7. The van der Waals surface area contributed by atoms with Gasteiger partial charge in [0.1, 0.15) is 17.2 Å². The molecule has 0 unspecified atom stereocenters. The Bertz CT molecular complexity index is 1030. The van der Waals surface area contributed by atoms with Gasteiger partial charge in [-0.3, -0.25) is 9.89 Å². The molecule has 2 N–H and O–H groups in total. The molecular formula is C24H28N4O4. The molecule has 0 aliphatic carbocycles. The van der Waals surface area contributed by atoms with Crippen LogP contribution in [0.15, 0.2) is 48.5 Å². The van der Waals surface area contributed by atoms with Gasteiger partial charge in [0.25, 0.3) is 5.91 Å². The second kappa shape index (κ2) is 9.64. The molecule has 0 atom stereocenters. The van der Waals surface area contributed by atoms with Crippen LogP contribution in [0, 0.1) is 0 Å². The number of anilines is 1. The van der Waals surface area contributed by atoms with Gasteiger partial charge in [0, 0.05) is 36.8 Å². The largest absolute Gasteiger partial charge is 0.497 e. The van der Waals surface area contributed by atoms with Gasteiger partial charge in [0.2, 0.25) is 0 Å². The number of aromatic amines is 1. The molecule has 2 heterocycles. The molecule has 4 rings (SSSR count). The highest BCUT2D eigenvalue weighted by Crippen LogP contribution is 2.26. The van der Waals surface area contributed by atoms with Crippen molar-refractivity contribution >= 4 is 11.7 Å². The molecule has 1 aliphatic heterocycles. The lowest BCUT2D eigenvalue weighted by atomic mass is 10.0. The fourth-order valence-corrected chi connectivity index (χ4v) is 3.85. The number of benzene rings is 2. The van der Waals surface area contributed by atoms with Crippen LogP contribution in [-0.2, 0) is 0 Å². The highest BCUT2D eigenvalue weighted by Gasteiger charge is 2.23. The third kappa shape index (κ3) is 4.80. The van der Waals surface area contributed by atoms with Crippen LogP contribution in [0.4, 0.5) is 5.82 Å². The van der Waals surface area contributed by atoms with Gasteiger partial charge >= 0.3 is 0 Å². The molecule has 8 heteroatoms.